The molecule has 0 unspecified atom stereocenters. The Hall–Kier alpha value is -3.40. The first kappa shape index (κ1) is 19.9. The van der Waals surface area contributed by atoms with Gasteiger partial charge in [0.1, 0.15) is 5.82 Å². The number of aromatic nitrogens is 2. The average Bonchev–Trinajstić information content (AvgIpc) is 3.15. The Kier molecular flexibility index (Phi) is 5.94. The molecule has 0 radical (unpaired) electrons. The molecule has 0 saturated heterocycles. The number of benzene rings is 3. The lowest BCUT2D eigenvalue weighted by Crippen LogP contribution is -2.32. The minimum Gasteiger partial charge on any atom is -0.331 e. The molecular weight excluding hydrogens is 370 g/mol. The zero-order valence-corrected chi connectivity index (χ0v) is 17.6. The van der Waals surface area contributed by atoms with Crippen LogP contribution in [0.3, 0.4) is 0 Å². The van der Waals surface area contributed by atoms with Crippen molar-refractivity contribution in [1.29, 1.82) is 0 Å². The van der Waals surface area contributed by atoms with E-state index in [0.717, 1.165) is 46.5 Å². The highest BCUT2D eigenvalue weighted by atomic mass is 16.2. The maximum absolute atomic E-state index is 13.3. The smallest absolute Gasteiger partial charge is 0.254 e. The molecule has 4 aromatic rings. The summed E-state index contributed by atoms with van der Waals surface area (Å²) in [5.74, 6) is 0.925. The Morgan fingerprint density at radius 1 is 0.933 bits per heavy atom. The van der Waals surface area contributed by atoms with E-state index in [4.69, 9.17) is 4.98 Å². The van der Waals surface area contributed by atoms with E-state index in [-0.39, 0.29) is 5.91 Å². The van der Waals surface area contributed by atoms with Crippen LogP contribution in [0.5, 0.6) is 0 Å². The molecule has 4 nitrogen and oxygen atoms in total. The molecule has 0 aliphatic carbocycles. The lowest BCUT2D eigenvalue weighted by atomic mass is 10.1. The molecule has 0 aliphatic heterocycles. The summed E-state index contributed by atoms with van der Waals surface area (Å²) in [6.07, 6.45) is 2.00. The molecule has 1 heterocycles. The van der Waals surface area contributed by atoms with Crippen LogP contribution in [0, 0.1) is 6.92 Å². The van der Waals surface area contributed by atoms with Gasteiger partial charge >= 0.3 is 0 Å². The molecule has 30 heavy (non-hydrogen) atoms. The third-order valence-corrected chi connectivity index (χ3v) is 5.34. The summed E-state index contributed by atoms with van der Waals surface area (Å²) in [5.41, 5.74) is 4.92. The van der Waals surface area contributed by atoms with Gasteiger partial charge in [0.15, 0.2) is 0 Å². The highest BCUT2D eigenvalue weighted by Crippen LogP contribution is 2.23. The van der Waals surface area contributed by atoms with Gasteiger partial charge in [0, 0.05) is 17.8 Å². The number of rotatable bonds is 7. The summed E-state index contributed by atoms with van der Waals surface area (Å²) in [7, 11) is 0. The topological polar surface area (TPSA) is 38.1 Å². The lowest BCUT2D eigenvalue weighted by Gasteiger charge is -2.23. The molecule has 0 saturated carbocycles. The highest BCUT2D eigenvalue weighted by Gasteiger charge is 2.20. The number of carbonyl (C=O) groups is 1. The summed E-state index contributed by atoms with van der Waals surface area (Å²) < 4.78 is 2.16. The maximum atomic E-state index is 13.3. The third kappa shape index (κ3) is 4.13. The second-order valence-corrected chi connectivity index (χ2v) is 7.63. The zero-order chi connectivity index (χ0) is 20.9. The first-order valence-electron chi connectivity index (χ1n) is 10.5. The van der Waals surface area contributed by atoms with Gasteiger partial charge < -0.3 is 4.90 Å². The van der Waals surface area contributed by atoms with E-state index in [2.05, 4.69) is 29.7 Å². The predicted octanol–water partition coefficient (Wildman–Crippen LogP) is 5.78. The normalized spacial score (nSPS) is 11.0. The van der Waals surface area contributed by atoms with E-state index in [1.54, 1.807) is 0 Å². The fourth-order valence-corrected chi connectivity index (χ4v) is 3.70. The summed E-state index contributed by atoms with van der Waals surface area (Å²) in [6.45, 7) is 5.36. The quantitative estimate of drug-likeness (QED) is 0.397. The van der Waals surface area contributed by atoms with Gasteiger partial charge in [0.2, 0.25) is 0 Å². The van der Waals surface area contributed by atoms with Gasteiger partial charge in [0.05, 0.1) is 17.6 Å². The molecule has 0 fully saturated rings. The summed E-state index contributed by atoms with van der Waals surface area (Å²) >= 11 is 0. The van der Waals surface area contributed by atoms with Crippen LogP contribution < -0.4 is 0 Å². The SMILES string of the molecule is CCCCN(Cc1nc2ccccc2n1-c1ccccc1)C(=O)c1ccc(C)cc1. The second kappa shape index (κ2) is 8.95. The summed E-state index contributed by atoms with van der Waals surface area (Å²) in [4.78, 5) is 20.1. The number of hydrogen-bond acceptors (Lipinski definition) is 2. The monoisotopic (exact) mass is 397 g/mol. The van der Waals surface area contributed by atoms with E-state index >= 15 is 0 Å². The van der Waals surface area contributed by atoms with Crippen molar-refractivity contribution in [2.75, 3.05) is 6.54 Å². The van der Waals surface area contributed by atoms with Crippen molar-refractivity contribution in [3.05, 3.63) is 95.8 Å². The van der Waals surface area contributed by atoms with Crippen molar-refractivity contribution in [3.63, 3.8) is 0 Å². The molecule has 1 amide bonds. The molecular formula is C26H27N3O. The molecule has 0 spiro atoms. The number of aryl methyl sites for hydroxylation is 1. The van der Waals surface area contributed by atoms with Crippen LogP contribution in [0.1, 0.15) is 41.5 Å². The fraction of sp³-hybridized carbons (Fsp3) is 0.231. The molecule has 0 atom stereocenters. The average molecular weight is 398 g/mol. The summed E-state index contributed by atoms with van der Waals surface area (Å²) in [6, 6.07) is 26.2. The molecule has 0 aliphatic rings. The number of carbonyl (C=O) groups excluding carboxylic acids is 1. The number of imidazole rings is 1. The first-order chi connectivity index (χ1) is 14.7. The first-order valence-corrected chi connectivity index (χ1v) is 10.5. The number of unbranched alkanes of at least 4 members (excludes halogenated alkanes) is 1. The zero-order valence-electron chi connectivity index (χ0n) is 17.6. The molecule has 0 bridgehead atoms. The maximum Gasteiger partial charge on any atom is 0.254 e. The third-order valence-electron chi connectivity index (χ3n) is 5.34. The second-order valence-electron chi connectivity index (χ2n) is 7.63. The number of nitrogens with zero attached hydrogens (tertiary/aromatic N) is 3. The largest absolute Gasteiger partial charge is 0.331 e. The van der Waals surface area contributed by atoms with Crippen LogP contribution in [0.4, 0.5) is 0 Å². The van der Waals surface area contributed by atoms with Crippen LogP contribution in [-0.4, -0.2) is 26.9 Å². The van der Waals surface area contributed by atoms with Crippen molar-refractivity contribution < 1.29 is 4.79 Å². The Morgan fingerprint density at radius 2 is 1.63 bits per heavy atom. The van der Waals surface area contributed by atoms with Gasteiger partial charge in [-0.25, -0.2) is 4.98 Å². The number of amides is 1. The molecule has 4 heteroatoms. The Labute approximate surface area is 177 Å². The van der Waals surface area contributed by atoms with Crippen LogP contribution in [0.25, 0.3) is 16.7 Å². The molecule has 152 valence electrons. The van der Waals surface area contributed by atoms with Crippen molar-refractivity contribution in [2.24, 2.45) is 0 Å². The van der Waals surface area contributed by atoms with Gasteiger partial charge in [-0.2, -0.15) is 0 Å². The van der Waals surface area contributed by atoms with Crippen LogP contribution in [0.15, 0.2) is 78.9 Å². The standard InChI is InChI=1S/C26H27N3O/c1-3-4-18-28(26(30)21-16-14-20(2)15-17-21)19-25-27-23-12-8-9-13-24(23)29(25)22-10-6-5-7-11-22/h5-17H,3-4,18-19H2,1-2H3. The van der Waals surface area contributed by atoms with Crippen molar-refractivity contribution >= 4 is 16.9 Å². The molecule has 3 aromatic carbocycles. The van der Waals surface area contributed by atoms with E-state index in [9.17, 15) is 4.79 Å². The van der Waals surface area contributed by atoms with Crippen LogP contribution in [0.2, 0.25) is 0 Å². The van der Waals surface area contributed by atoms with Crippen molar-refractivity contribution in [2.45, 2.75) is 33.2 Å². The number of para-hydroxylation sites is 3. The molecule has 4 rings (SSSR count). The Morgan fingerprint density at radius 3 is 2.37 bits per heavy atom. The van der Waals surface area contributed by atoms with Gasteiger partial charge in [-0.3, -0.25) is 9.36 Å². The molecule has 0 N–H and O–H groups in total. The molecule has 1 aromatic heterocycles. The predicted molar refractivity (Wildman–Crippen MR) is 122 cm³/mol. The van der Waals surface area contributed by atoms with Gasteiger partial charge in [-0.05, 0) is 49.7 Å². The Bertz CT molecular complexity index is 1130. The van der Waals surface area contributed by atoms with Crippen LogP contribution in [-0.2, 0) is 6.54 Å². The van der Waals surface area contributed by atoms with E-state index < -0.39 is 0 Å². The van der Waals surface area contributed by atoms with Crippen molar-refractivity contribution in [1.82, 2.24) is 14.5 Å². The van der Waals surface area contributed by atoms with E-state index in [1.165, 1.54) is 0 Å². The Balaban J connectivity index is 1.74. The minimum absolute atomic E-state index is 0.0510. The highest BCUT2D eigenvalue weighted by molar-refractivity contribution is 5.94. The van der Waals surface area contributed by atoms with E-state index in [0.29, 0.717) is 13.1 Å². The fourth-order valence-electron chi connectivity index (χ4n) is 3.70. The van der Waals surface area contributed by atoms with Gasteiger partial charge in [0.25, 0.3) is 5.91 Å². The number of hydrogen-bond donors (Lipinski definition) is 0. The lowest BCUT2D eigenvalue weighted by molar-refractivity contribution is 0.0736. The minimum atomic E-state index is 0.0510. The van der Waals surface area contributed by atoms with Crippen molar-refractivity contribution in [3.8, 4) is 5.69 Å². The van der Waals surface area contributed by atoms with Gasteiger partial charge in [-0.15, -0.1) is 0 Å². The summed E-state index contributed by atoms with van der Waals surface area (Å²) in [5, 5.41) is 0. The van der Waals surface area contributed by atoms with E-state index in [1.807, 2.05) is 72.5 Å². The van der Waals surface area contributed by atoms with Crippen LogP contribution >= 0.6 is 0 Å². The number of fused-ring (bicyclic) bond motifs is 1. The van der Waals surface area contributed by atoms with Gasteiger partial charge in [-0.1, -0.05) is 61.4 Å².